The van der Waals surface area contributed by atoms with E-state index < -0.39 is 6.10 Å². The van der Waals surface area contributed by atoms with Gasteiger partial charge < -0.3 is 14.5 Å². The smallest absolute Gasteiger partial charge is 0.263 e. The molecular weight excluding hydrogens is 312 g/mol. The second kappa shape index (κ2) is 7.60. The fourth-order valence-corrected chi connectivity index (χ4v) is 3.25. The van der Waals surface area contributed by atoms with Gasteiger partial charge >= 0.3 is 0 Å². The van der Waals surface area contributed by atoms with E-state index in [9.17, 15) is 4.79 Å². The van der Waals surface area contributed by atoms with E-state index in [1.54, 1.807) is 0 Å². The topological polar surface area (TPSA) is 32.8 Å². The molecule has 0 spiro atoms. The van der Waals surface area contributed by atoms with E-state index in [2.05, 4.69) is 30.0 Å². The summed E-state index contributed by atoms with van der Waals surface area (Å²) in [7, 11) is 0. The zero-order valence-corrected chi connectivity index (χ0v) is 15.2. The van der Waals surface area contributed by atoms with Crippen LogP contribution in [0.2, 0.25) is 0 Å². The van der Waals surface area contributed by atoms with Crippen molar-refractivity contribution in [3.8, 4) is 5.75 Å². The van der Waals surface area contributed by atoms with Gasteiger partial charge in [-0.05, 0) is 44.5 Å². The van der Waals surface area contributed by atoms with Crippen LogP contribution >= 0.6 is 0 Å². The second-order valence-corrected chi connectivity index (χ2v) is 6.68. The summed E-state index contributed by atoms with van der Waals surface area (Å²) < 4.78 is 5.92. The Morgan fingerprint density at radius 1 is 1.00 bits per heavy atom. The van der Waals surface area contributed by atoms with E-state index in [0.29, 0.717) is 0 Å². The lowest BCUT2D eigenvalue weighted by Gasteiger charge is -2.37. The highest BCUT2D eigenvalue weighted by Crippen LogP contribution is 2.21. The maximum absolute atomic E-state index is 12.7. The van der Waals surface area contributed by atoms with Crippen LogP contribution in [0.5, 0.6) is 5.75 Å². The summed E-state index contributed by atoms with van der Waals surface area (Å²) in [6.07, 6.45) is -0.468. The minimum Gasteiger partial charge on any atom is -0.481 e. The molecular formula is C21H26N2O2. The van der Waals surface area contributed by atoms with Crippen LogP contribution in [0.4, 0.5) is 5.69 Å². The average molecular weight is 338 g/mol. The van der Waals surface area contributed by atoms with Crippen LogP contribution in [-0.2, 0) is 4.79 Å². The normalized spacial score (nSPS) is 15.8. The number of rotatable bonds is 4. The van der Waals surface area contributed by atoms with E-state index in [0.717, 1.165) is 37.5 Å². The van der Waals surface area contributed by atoms with Gasteiger partial charge in [-0.3, -0.25) is 4.79 Å². The minimum atomic E-state index is -0.468. The highest BCUT2D eigenvalue weighted by molar-refractivity contribution is 5.81. The van der Waals surface area contributed by atoms with Crippen LogP contribution in [0.15, 0.2) is 48.5 Å². The number of nitrogens with zero attached hydrogens (tertiary/aromatic N) is 2. The molecule has 1 aliphatic rings. The molecule has 1 fully saturated rings. The molecule has 0 aliphatic carbocycles. The lowest BCUT2D eigenvalue weighted by Crippen LogP contribution is -2.52. The Morgan fingerprint density at radius 2 is 1.68 bits per heavy atom. The van der Waals surface area contributed by atoms with Gasteiger partial charge in [-0.15, -0.1) is 0 Å². The molecule has 132 valence electrons. The number of aryl methyl sites for hydroxylation is 2. The molecule has 0 unspecified atom stereocenters. The average Bonchev–Trinajstić information content (AvgIpc) is 2.64. The van der Waals surface area contributed by atoms with Gasteiger partial charge in [0.2, 0.25) is 0 Å². The standard InChI is InChI=1S/C21H26N2O2/c1-16-9-10-20(17(2)15-16)25-18(3)21(24)23-13-11-22(12-14-23)19-7-5-4-6-8-19/h4-10,15,18H,11-14H2,1-3H3/t18-/m1/s1. The zero-order chi connectivity index (χ0) is 17.8. The van der Waals surface area contributed by atoms with Crippen molar-refractivity contribution >= 4 is 11.6 Å². The molecule has 2 aromatic carbocycles. The third kappa shape index (κ3) is 4.13. The number of carbonyl (C=O) groups is 1. The molecule has 4 heteroatoms. The summed E-state index contributed by atoms with van der Waals surface area (Å²) in [6, 6.07) is 16.4. The number of amides is 1. The highest BCUT2D eigenvalue weighted by Gasteiger charge is 2.26. The highest BCUT2D eigenvalue weighted by atomic mass is 16.5. The Hall–Kier alpha value is -2.49. The molecule has 4 nitrogen and oxygen atoms in total. The molecule has 1 heterocycles. The number of hydrogen-bond acceptors (Lipinski definition) is 3. The van der Waals surface area contributed by atoms with Gasteiger partial charge in [-0.1, -0.05) is 35.9 Å². The van der Waals surface area contributed by atoms with E-state index in [1.165, 1.54) is 11.3 Å². The van der Waals surface area contributed by atoms with Crippen molar-refractivity contribution in [3.05, 3.63) is 59.7 Å². The first-order valence-electron chi connectivity index (χ1n) is 8.87. The van der Waals surface area contributed by atoms with Crippen molar-refractivity contribution in [1.29, 1.82) is 0 Å². The third-order valence-electron chi connectivity index (χ3n) is 4.69. The number of para-hydroxylation sites is 1. The molecule has 0 bridgehead atoms. The number of piperazine rings is 1. The van der Waals surface area contributed by atoms with Crippen molar-refractivity contribution in [1.82, 2.24) is 4.90 Å². The van der Waals surface area contributed by atoms with Crippen molar-refractivity contribution < 1.29 is 9.53 Å². The first-order chi connectivity index (χ1) is 12.0. The Labute approximate surface area is 150 Å². The molecule has 0 N–H and O–H groups in total. The lowest BCUT2D eigenvalue weighted by atomic mass is 10.1. The molecule has 0 radical (unpaired) electrons. The molecule has 3 rings (SSSR count). The van der Waals surface area contributed by atoms with Crippen LogP contribution in [0, 0.1) is 13.8 Å². The van der Waals surface area contributed by atoms with E-state index in [1.807, 2.05) is 49.1 Å². The number of anilines is 1. The summed E-state index contributed by atoms with van der Waals surface area (Å²) in [5.74, 6) is 0.849. The summed E-state index contributed by atoms with van der Waals surface area (Å²) in [5, 5.41) is 0. The molecule has 25 heavy (non-hydrogen) atoms. The molecule has 1 saturated heterocycles. The monoisotopic (exact) mass is 338 g/mol. The molecule has 1 amide bonds. The van der Waals surface area contributed by atoms with Gasteiger partial charge in [-0.25, -0.2) is 0 Å². The van der Waals surface area contributed by atoms with Gasteiger partial charge in [0.15, 0.2) is 6.10 Å². The largest absolute Gasteiger partial charge is 0.481 e. The van der Waals surface area contributed by atoms with Crippen molar-refractivity contribution in [2.24, 2.45) is 0 Å². The minimum absolute atomic E-state index is 0.0627. The van der Waals surface area contributed by atoms with Gasteiger partial charge in [0.25, 0.3) is 5.91 Å². The van der Waals surface area contributed by atoms with Crippen molar-refractivity contribution in [2.45, 2.75) is 26.9 Å². The molecule has 0 aromatic heterocycles. The van der Waals surface area contributed by atoms with E-state index in [4.69, 9.17) is 4.74 Å². The second-order valence-electron chi connectivity index (χ2n) is 6.68. The van der Waals surface area contributed by atoms with Crippen molar-refractivity contribution in [2.75, 3.05) is 31.1 Å². The first kappa shape index (κ1) is 17.3. The molecule has 0 saturated carbocycles. The lowest BCUT2D eigenvalue weighted by molar-refractivity contribution is -0.138. The maximum Gasteiger partial charge on any atom is 0.263 e. The van der Waals surface area contributed by atoms with Crippen LogP contribution in [-0.4, -0.2) is 43.1 Å². The van der Waals surface area contributed by atoms with Gasteiger partial charge in [0.1, 0.15) is 5.75 Å². The van der Waals surface area contributed by atoms with Crippen molar-refractivity contribution in [3.63, 3.8) is 0 Å². The molecule has 1 atom stereocenters. The van der Waals surface area contributed by atoms with E-state index in [-0.39, 0.29) is 5.91 Å². The molecule has 1 aliphatic heterocycles. The van der Waals surface area contributed by atoms with Crippen LogP contribution in [0.25, 0.3) is 0 Å². The van der Waals surface area contributed by atoms with Crippen LogP contribution < -0.4 is 9.64 Å². The molecule has 2 aromatic rings. The number of ether oxygens (including phenoxy) is 1. The summed E-state index contributed by atoms with van der Waals surface area (Å²) in [4.78, 5) is 16.9. The Bertz CT molecular complexity index is 722. The van der Waals surface area contributed by atoms with Crippen LogP contribution in [0.1, 0.15) is 18.1 Å². The predicted octanol–water partition coefficient (Wildman–Crippen LogP) is 3.42. The zero-order valence-electron chi connectivity index (χ0n) is 15.2. The number of benzene rings is 2. The maximum atomic E-state index is 12.7. The van der Waals surface area contributed by atoms with Gasteiger partial charge in [0.05, 0.1) is 0 Å². The first-order valence-corrected chi connectivity index (χ1v) is 8.87. The Morgan fingerprint density at radius 3 is 2.32 bits per heavy atom. The SMILES string of the molecule is Cc1ccc(O[C@H](C)C(=O)N2CCN(c3ccccc3)CC2)c(C)c1. The summed E-state index contributed by atoms with van der Waals surface area (Å²) >= 11 is 0. The Kier molecular flexibility index (Phi) is 5.27. The quantitative estimate of drug-likeness (QED) is 0.856. The predicted molar refractivity (Wildman–Crippen MR) is 101 cm³/mol. The van der Waals surface area contributed by atoms with Crippen LogP contribution in [0.3, 0.4) is 0 Å². The number of hydrogen-bond donors (Lipinski definition) is 0. The van der Waals surface area contributed by atoms with Gasteiger partial charge in [-0.2, -0.15) is 0 Å². The van der Waals surface area contributed by atoms with Gasteiger partial charge in [0, 0.05) is 31.9 Å². The fraction of sp³-hybridized carbons (Fsp3) is 0.381. The van der Waals surface area contributed by atoms with E-state index >= 15 is 0 Å². The Balaban J connectivity index is 1.56. The summed E-state index contributed by atoms with van der Waals surface area (Å²) in [5.41, 5.74) is 3.48. The number of carbonyl (C=O) groups excluding carboxylic acids is 1. The summed E-state index contributed by atoms with van der Waals surface area (Å²) in [6.45, 7) is 9.07. The third-order valence-corrected chi connectivity index (χ3v) is 4.69. The fourth-order valence-electron chi connectivity index (χ4n) is 3.25.